The van der Waals surface area contributed by atoms with Gasteiger partial charge in [-0.3, -0.25) is 0 Å². The molecule has 0 aliphatic carbocycles. The molecule has 0 fully saturated rings. The molecule has 0 saturated carbocycles. The zero-order valence-electron chi connectivity index (χ0n) is 12.4. The minimum absolute atomic E-state index is 0.254. The van der Waals surface area contributed by atoms with Crippen molar-refractivity contribution in [2.24, 2.45) is 5.73 Å². The highest BCUT2D eigenvalue weighted by atomic mass is 19.1. The van der Waals surface area contributed by atoms with Gasteiger partial charge in [0, 0.05) is 30.3 Å². The Balaban J connectivity index is 2.01. The molecule has 0 heterocycles. The van der Waals surface area contributed by atoms with Crippen molar-refractivity contribution in [2.45, 2.75) is 12.6 Å². The Bertz CT molecular complexity index is 589. The van der Waals surface area contributed by atoms with Gasteiger partial charge >= 0.3 is 0 Å². The molecule has 0 aliphatic rings. The monoisotopic (exact) mass is 288 g/mol. The Morgan fingerprint density at radius 3 is 2.52 bits per heavy atom. The average molecular weight is 288 g/mol. The fourth-order valence-corrected chi connectivity index (χ4v) is 2.40. The SMILES string of the molecule is COc1ccccc1CN(C)CC(N)c1ccccc1F. The highest BCUT2D eigenvalue weighted by Gasteiger charge is 2.14. The lowest BCUT2D eigenvalue weighted by Crippen LogP contribution is -2.29. The number of rotatable bonds is 6. The molecular weight excluding hydrogens is 267 g/mol. The van der Waals surface area contributed by atoms with Gasteiger partial charge in [0.05, 0.1) is 7.11 Å². The summed E-state index contributed by atoms with van der Waals surface area (Å²) in [4.78, 5) is 2.06. The van der Waals surface area contributed by atoms with Crippen LogP contribution in [0, 0.1) is 5.82 Å². The zero-order valence-corrected chi connectivity index (χ0v) is 12.4. The maximum atomic E-state index is 13.7. The summed E-state index contributed by atoms with van der Waals surface area (Å²) in [7, 11) is 3.62. The topological polar surface area (TPSA) is 38.5 Å². The summed E-state index contributed by atoms with van der Waals surface area (Å²) in [5.41, 5.74) is 7.74. The lowest BCUT2D eigenvalue weighted by molar-refractivity contribution is 0.296. The van der Waals surface area contributed by atoms with E-state index >= 15 is 0 Å². The smallest absolute Gasteiger partial charge is 0.128 e. The third kappa shape index (κ3) is 4.03. The van der Waals surface area contributed by atoms with E-state index in [1.165, 1.54) is 6.07 Å². The van der Waals surface area contributed by atoms with Gasteiger partial charge in [0.25, 0.3) is 0 Å². The molecule has 0 bridgehead atoms. The van der Waals surface area contributed by atoms with Crippen LogP contribution in [0.1, 0.15) is 17.2 Å². The van der Waals surface area contributed by atoms with Crippen LogP contribution in [0.2, 0.25) is 0 Å². The Labute approximate surface area is 125 Å². The lowest BCUT2D eigenvalue weighted by Gasteiger charge is -2.22. The third-order valence-electron chi connectivity index (χ3n) is 3.45. The number of ether oxygens (including phenoxy) is 1. The predicted octanol–water partition coefficient (Wildman–Crippen LogP) is 2.97. The molecule has 3 nitrogen and oxygen atoms in total. The molecule has 2 rings (SSSR count). The zero-order chi connectivity index (χ0) is 15.2. The van der Waals surface area contributed by atoms with E-state index in [4.69, 9.17) is 10.5 Å². The van der Waals surface area contributed by atoms with Crippen LogP contribution in [0.25, 0.3) is 0 Å². The minimum Gasteiger partial charge on any atom is -0.496 e. The summed E-state index contributed by atoms with van der Waals surface area (Å²) >= 11 is 0. The Morgan fingerprint density at radius 1 is 1.14 bits per heavy atom. The number of hydrogen-bond acceptors (Lipinski definition) is 3. The van der Waals surface area contributed by atoms with Crippen LogP contribution in [0.15, 0.2) is 48.5 Å². The first-order valence-corrected chi connectivity index (χ1v) is 6.92. The summed E-state index contributed by atoms with van der Waals surface area (Å²) in [6.45, 7) is 1.27. The van der Waals surface area contributed by atoms with Crippen LogP contribution < -0.4 is 10.5 Å². The average Bonchev–Trinajstić information content (AvgIpc) is 2.48. The van der Waals surface area contributed by atoms with E-state index in [0.29, 0.717) is 18.7 Å². The number of para-hydroxylation sites is 1. The lowest BCUT2D eigenvalue weighted by atomic mass is 10.1. The van der Waals surface area contributed by atoms with E-state index in [0.717, 1.165) is 11.3 Å². The van der Waals surface area contributed by atoms with Crippen LogP contribution in [-0.4, -0.2) is 25.6 Å². The van der Waals surface area contributed by atoms with Crippen molar-refractivity contribution in [1.82, 2.24) is 4.90 Å². The number of nitrogens with two attached hydrogens (primary N) is 1. The first-order valence-electron chi connectivity index (χ1n) is 6.92. The van der Waals surface area contributed by atoms with Crippen LogP contribution in [0.4, 0.5) is 4.39 Å². The fourth-order valence-electron chi connectivity index (χ4n) is 2.40. The van der Waals surface area contributed by atoms with Gasteiger partial charge in [-0.25, -0.2) is 4.39 Å². The molecule has 2 aromatic rings. The number of halogens is 1. The second-order valence-corrected chi connectivity index (χ2v) is 5.14. The van der Waals surface area contributed by atoms with Gasteiger partial charge < -0.3 is 15.4 Å². The van der Waals surface area contributed by atoms with Crippen molar-refractivity contribution in [1.29, 1.82) is 0 Å². The van der Waals surface area contributed by atoms with Gasteiger partial charge in [0.1, 0.15) is 11.6 Å². The second kappa shape index (κ2) is 7.20. The van der Waals surface area contributed by atoms with Crippen LogP contribution in [-0.2, 0) is 6.54 Å². The summed E-state index contributed by atoms with van der Waals surface area (Å²) < 4.78 is 19.1. The van der Waals surface area contributed by atoms with Gasteiger partial charge in [0.2, 0.25) is 0 Å². The van der Waals surface area contributed by atoms with Gasteiger partial charge in [-0.2, -0.15) is 0 Å². The molecule has 1 atom stereocenters. The highest BCUT2D eigenvalue weighted by molar-refractivity contribution is 5.33. The summed E-state index contributed by atoms with van der Waals surface area (Å²) in [5.74, 6) is 0.597. The van der Waals surface area contributed by atoms with Crippen LogP contribution in [0.5, 0.6) is 5.75 Å². The first-order chi connectivity index (χ1) is 10.1. The quantitative estimate of drug-likeness (QED) is 0.888. The molecule has 0 spiro atoms. The van der Waals surface area contributed by atoms with Crippen molar-refractivity contribution in [2.75, 3.05) is 20.7 Å². The van der Waals surface area contributed by atoms with Gasteiger partial charge in [-0.1, -0.05) is 36.4 Å². The highest BCUT2D eigenvalue weighted by Crippen LogP contribution is 2.20. The molecule has 21 heavy (non-hydrogen) atoms. The summed E-state index contributed by atoms with van der Waals surface area (Å²) in [5, 5.41) is 0. The van der Waals surface area contributed by atoms with Gasteiger partial charge in [0.15, 0.2) is 0 Å². The number of hydrogen-bond donors (Lipinski definition) is 1. The normalized spacial score (nSPS) is 12.4. The van der Waals surface area contributed by atoms with Crippen LogP contribution in [0.3, 0.4) is 0 Å². The maximum absolute atomic E-state index is 13.7. The van der Waals surface area contributed by atoms with Crippen molar-refractivity contribution in [3.8, 4) is 5.75 Å². The van der Waals surface area contributed by atoms with E-state index in [2.05, 4.69) is 4.90 Å². The van der Waals surface area contributed by atoms with E-state index in [1.54, 1.807) is 25.3 Å². The molecule has 112 valence electrons. The molecule has 0 aliphatic heterocycles. The Hall–Kier alpha value is -1.91. The van der Waals surface area contributed by atoms with E-state index < -0.39 is 0 Å². The Kier molecular flexibility index (Phi) is 5.31. The maximum Gasteiger partial charge on any atom is 0.128 e. The number of likely N-dealkylation sites (N-methyl/N-ethyl adjacent to an activating group) is 1. The molecule has 2 aromatic carbocycles. The molecule has 1 unspecified atom stereocenters. The predicted molar refractivity (Wildman–Crippen MR) is 82.7 cm³/mol. The molecular formula is C17H21FN2O. The molecule has 0 saturated heterocycles. The van der Waals surface area contributed by atoms with E-state index in [9.17, 15) is 4.39 Å². The first kappa shape index (κ1) is 15.5. The molecule has 2 N–H and O–H groups in total. The van der Waals surface area contributed by atoms with Crippen molar-refractivity contribution in [3.63, 3.8) is 0 Å². The fraction of sp³-hybridized carbons (Fsp3) is 0.294. The molecule has 0 aromatic heterocycles. The Morgan fingerprint density at radius 2 is 1.81 bits per heavy atom. The molecule has 4 heteroatoms. The summed E-state index contributed by atoms with van der Waals surface area (Å²) in [6.07, 6.45) is 0. The van der Waals surface area contributed by atoms with E-state index in [1.807, 2.05) is 31.3 Å². The number of methoxy groups -OCH3 is 1. The number of nitrogens with zero attached hydrogens (tertiary/aromatic N) is 1. The summed E-state index contributed by atoms with van der Waals surface area (Å²) in [6, 6.07) is 14.2. The van der Waals surface area contributed by atoms with Gasteiger partial charge in [-0.05, 0) is 19.2 Å². The molecule has 0 amide bonds. The third-order valence-corrected chi connectivity index (χ3v) is 3.45. The van der Waals surface area contributed by atoms with Crippen molar-refractivity contribution < 1.29 is 9.13 Å². The standard InChI is InChI=1S/C17H21FN2O/c1-20(11-13-7-3-6-10-17(13)21-2)12-16(19)14-8-4-5-9-15(14)18/h3-10,16H,11-12,19H2,1-2H3. The van der Waals surface area contributed by atoms with Crippen LogP contribution >= 0.6 is 0 Å². The van der Waals surface area contributed by atoms with E-state index in [-0.39, 0.29) is 11.9 Å². The number of benzene rings is 2. The van der Waals surface area contributed by atoms with Gasteiger partial charge in [-0.15, -0.1) is 0 Å². The minimum atomic E-state index is -0.356. The van der Waals surface area contributed by atoms with Crippen molar-refractivity contribution in [3.05, 3.63) is 65.5 Å². The largest absolute Gasteiger partial charge is 0.496 e. The second-order valence-electron chi connectivity index (χ2n) is 5.14. The van der Waals surface area contributed by atoms with Crippen molar-refractivity contribution >= 4 is 0 Å². The molecule has 0 radical (unpaired) electrons.